The van der Waals surface area contributed by atoms with Crippen molar-refractivity contribution < 1.29 is 27.8 Å². The fourth-order valence-electron chi connectivity index (χ4n) is 3.51. The van der Waals surface area contributed by atoms with Crippen LogP contribution in [0.1, 0.15) is 23.4 Å². The summed E-state index contributed by atoms with van der Waals surface area (Å²) >= 11 is 1.23. The Balaban J connectivity index is 1.46. The molecular weight excluding hydrogens is 439 g/mol. The summed E-state index contributed by atoms with van der Waals surface area (Å²) < 4.78 is 45.4. The molecule has 10 nitrogen and oxygen atoms in total. The first-order valence-corrected chi connectivity index (χ1v) is 10.2. The van der Waals surface area contributed by atoms with Gasteiger partial charge in [-0.2, -0.15) is 23.7 Å². The highest BCUT2D eigenvalue weighted by Crippen LogP contribution is 2.38. The lowest BCUT2D eigenvalue weighted by atomic mass is 10.1. The molecule has 31 heavy (non-hydrogen) atoms. The van der Waals surface area contributed by atoms with Crippen molar-refractivity contribution in [3.05, 3.63) is 40.3 Å². The molecule has 4 rings (SSSR count). The first-order valence-electron chi connectivity index (χ1n) is 9.32. The third-order valence-electron chi connectivity index (χ3n) is 4.91. The van der Waals surface area contributed by atoms with Gasteiger partial charge in [-0.25, -0.2) is 0 Å². The van der Waals surface area contributed by atoms with E-state index in [1.54, 1.807) is 0 Å². The van der Waals surface area contributed by atoms with Gasteiger partial charge in [0.05, 0.1) is 5.56 Å². The predicted molar refractivity (Wildman–Crippen MR) is 101 cm³/mol. The van der Waals surface area contributed by atoms with Crippen LogP contribution >= 0.6 is 11.3 Å². The van der Waals surface area contributed by atoms with Gasteiger partial charge in [0.15, 0.2) is 11.6 Å². The standard InChI is InChI=1S/C17H18F3N7O3S/c18-16(19,20)12-3-1-2-4-13(12)30-11-5-7-26(8-6-11)17(15-22-21-10-31-15)23-25-27(24-17)9-14(28)29/h1-4,10-11,24H,5-9H2,(H,28,29). The number of hydrazine groups is 1. The number of hydrogen-bond donors (Lipinski definition) is 2. The maximum atomic E-state index is 13.2. The number of piperidine rings is 1. The van der Waals surface area contributed by atoms with Gasteiger partial charge in [0.1, 0.15) is 17.4 Å². The van der Waals surface area contributed by atoms with Crippen molar-refractivity contribution in [2.45, 2.75) is 30.9 Å². The molecule has 0 saturated carbocycles. The summed E-state index contributed by atoms with van der Waals surface area (Å²) in [7, 11) is 0. The number of halogens is 3. The average Bonchev–Trinajstić information content (AvgIpc) is 3.39. The van der Waals surface area contributed by atoms with E-state index in [0.717, 1.165) is 11.2 Å². The molecule has 0 aliphatic carbocycles. The Labute approximate surface area is 178 Å². The predicted octanol–water partition coefficient (Wildman–Crippen LogP) is 2.48. The van der Waals surface area contributed by atoms with Gasteiger partial charge in [0.25, 0.3) is 5.79 Å². The SMILES string of the molecule is O=C(O)CN1N=NC(c2nncs2)(N2CCC(Oc3ccccc3C(F)(F)F)CC2)N1. The van der Waals surface area contributed by atoms with Gasteiger partial charge in [-0.05, 0) is 25.0 Å². The number of para-hydroxylation sites is 1. The molecule has 2 aromatic rings. The van der Waals surface area contributed by atoms with Crippen LogP contribution in [0.5, 0.6) is 5.75 Å². The highest BCUT2D eigenvalue weighted by molar-refractivity contribution is 7.09. The number of carboxylic acid groups (broad SMARTS) is 1. The molecule has 2 aliphatic rings. The maximum Gasteiger partial charge on any atom is 0.419 e. The van der Waals surface area contributed by atoms with E-state index < -0.39 is 36.1 Å². The minimum absolute atomic E-state index is 0.196. The van der Waals surface area contributed by atoms with Crippen LogP contribution in [0.3, 0.4) is 0 Å². The molecule has 166 valence electrons. The first kappa shape index (κ1) is 21.4. The van der Waals surface area contributed by atoms with Gasteiger partial charge in [-0.15, -0.1) is 15.3 Å². The lowest BCUT2D eigenvalue weighted by Gasteiger charge is -2.40. The fraction of sp³-hybridized carbons (Fsp3) is 0.471. The topological polar surface area (TPSA) is 116 Å². The molecule has 1 aromatic carbocycles. The fourth-order valence-corrected chi connectivity index (χ4v) is 4.18. The highest BCUT2D eigenvalue weighted by atomic mass is 32.1. The van der Waals surface area contributed by atoms with Crippen LogP contribution in [0, 0.1) is 0 Å². The Bertz CT molecular complexity index is 951. The van der Waals surface area contributed by atoms with Crippen LogP contribution in [0.25, 0.3) is 0 Å². The number of alkyl halides is 3. The van der Waals surface area contributed by atoms with Crippen molar-refractivity contribution in [2.75, 3.05) is 19.6 Å². The van der Waals surface area contributed by atoms with Gasteiger partial charge >= 0.3 is 12.1 Å². The number of aromatic nitrogens is 2. The number of rotatable bonds is 6. The van der Waals surface area contributed by atoms with E-state index in [-0.39, 0.29) is 5.75 Å². The minimum atomic E-state index is -4.50. The van der Waals surface area contributed by atoms with E-state index >= 15 is 0 Å². The molecule has 0 amide bonds. The number of likely N-dealkylation sites (tertiary alicyclic amines) is 1. The van der Waals surface area contributed by atoms with Gasteiger partial charge in [0.2, 0.25) is 0 Å². The number of hydrogen-bond acceptors (Lipinski definition) is 10. The lowest BCUT2D eigenvalue weighted by molar-refractivity contribution is -0.140. The molecule has 3 heterocycles. The molecule has 0 radical (unpaired) electrons. The average molecular weight is 457 g/mol. The van der Waals surface area contributed by atoms with Gasteiger partial charge in [-0.3, -0.25) is 9.69 Å². The Morgan fingerprint density at radius 2 is 2.06 bits per heavy atom. The summed E-state index contributed by atoms with van der Waals surface area (Å²) in [4.78, 5) is 12.9. The summed E-state index contributed by atoms with van der Waals surface area (Å²) in [5.41, 5.74) is 3.68. The van der Waals surface area contributed by atoms with E-state index in [2.05, 4.69) is 26.0 Å². The highest BCUT2D eigenvalue weighted by Gasteiger charge is 2.48. The maximum absolute atomic E-state index is 13.2. The lowest BCUT2D eigenvalue weighted by Crippen LogP contribution is -2.59. The molecule has 1 aromatic heterocycles. The van der Waals surface area contributed by atoms with E-state index in [1.165, 1.54) is 35.0 Å². The second-order valence-corrected chi connectivity index (χ2v) is 7.80. The smallest absolute Gasteiger partial charge is 0.419 e. The third kappa shape index (κ3) is 4.45. The van der Waals surface area contributed by atoms with Crippen LogP contribution in [0.2, 0.25) is 0 Å². The van der Waals surface area contributed by atoms with Crippen molar-refractivity contribution in [2.24, 2.45) is 10.3 Å². The van der Waals surface area contributed by atoms with Crippen LogP contribution in [-0.4, -0.2) is 57.0 Å². The molecule has 1 fully saturated rings. The van der Waals surface area contributed by atoms with Gasteiger partial charge in [-0.1, -0.05) is 28.7 Å². The summed E-state index contributed by atoms with van der Waals surface area (Å²) in [6.07, 6.45) is -4.05. The van der Waals surface area contributed by atoms with E-state index in [0.29, 0.717) is 30.9 Å². The molecule has 2 aliphatic heterocycles. The molecule has 1 unspecified atom stereocenters. The van der Waals surface area contributed by atoms with Gasteiger partial charge in [0, 0.05) is 13.1 Å². The van der Waals surface area contributed by atoms with E-state index in [9.17, 15) is 18.0 Å². The van der Waals surface area contributed by atoms with Gasteiger partial charge < -0.3 is 9.84 Å². The minimum Gasteiger partial charge on any atom is -0.490 e. The number of ether oxygens (including phenoxy) is 1. The molecule has 14 heteroatoms. The number of carbonyl (C=O) groups is 1. The van der Waals surface area contributed by atoms with Crippen molar-refractivity contribution in [3.8, 4) is 5.75 Å². The third-order valence-corrected chi connectivity index (χ3v) is 5.70. The molecule has 1 atom stereocenters. The molecule has 2 N–H and O–H groups in total. The van der Waals surface area contributed by atoms with E-state index in [4.69, 9.17) is 9.84 Å². The summed E-state index contributed by atoms with van der Waals surface area (Å²) in [5, 5.41) is 26.6. The Morgan fingerprint density at radius 3 is 2.71 bits per heavy atom. The zero-order valence-electron chi connectivity index (χ0n) is 16.0. The zero-order chi connectivity index (χ0) is 22.1. The van der Waals surface area contributed by atoms with Crippen molar-refractivity contribution in [1.82, 2.24) is 25.6 Å². The largest absolute Gasteiger partial charge is 0.490 e. The first-order chi connectivity index (χ1) is 14.8. The van der Waals surface area contributed by atoms with Crippen molar-refractivity contribution in [3.63, 3.8) is 0 Å². The second-order valence-electron chi connectivity index (χ2n) is 6.97. The number of nitrogens with one attached hydrogen (secondary N) is 1. The second kappa shape index (κ2) is 8.36. The van der Waals surface area contributed by atoms with Crippen LogP contribution < -0.4 is 10.2 Å². The summed E-state index contributed by atoms with van der Waals surface area (Å²) in [5.74, 6) is -2.50. The Kier molecular flexibility index (Phi) is 5.77. The Morgan fingerprint density at radius 1 is 1.32 bits per heavy atom. The quantitative estimate of drug-likeness (QED) is 0.680. The molecule has 0 bridgehead atoms. The molecular formula is C17H18F3N7O3S. The number of aliphatic carboxylic acids is 1. The number of benzene rings is 1. The van der Waals surface area contributed by atoms with E-state index in [1.807, 2.05) is 4.90 Å². The van der Waals surface area contributed by atoms with Crippen LogP contribution in [0.15, 0.2) is 40.1 Å². The van der Waals surface area contributed by atoms with Crippen molar-refractivity contribution in [1.29, 1.82) is 0 Å². The Hall–Kier alpha value is -2.84. The normalized spacial score (nSPS) is 22.7. The number of nitrogens with zero attached hydrogens (tertiary/aromatic N) is 6. The van der Waals surface area contributed by atoms with Crippen molar-refractivity contribution >= 4 is 17.3 Å². The number of carboxylic acids is 1. The zero-order valence-corrected chi connectivity index (χ0v) is 16.8. The monoisotopic (exact) mass is 457 g/mol. The summed E-state index contributed by atoms with van der Waals surface area (Å²) in [6, 6.07) is 5.14. The van der Waals surface area contributed by atoms with Crippen LogP contribution in [-0.2, 0) is 16.8 Å². The molecule has 0 spiro atoms. The molecule has 1 saturated heterocycles. The summed E-state index contributed by atoms with van der Waals surface area (Å²) in [6.45, 7) is 0.411. The van der Waals surface area contributed by atoms with Crippen LogP contribution in [0.4, 0.5) is 13.2 Å².